The molecule has 0 spiro atoms. The summed E-state index contributed by atoms with van der Waals surface area (Å²) < 4.78 is 6.07. The summed E-state index contributed by atoms with van der Waals surface area (Å²) in [5, 5.41) is 3.15. The molecule has 0 aliphatic carbocycles. The van der Waals surface area contributed by atoms with Crippen LogP contribution in [-0.4, -0.2) is 18.0 Å². The van der Waals surface area contributed by atoms with Gasteiger partial charge in [0.25, 0.3) is 5.91 Å². The van der Waals surface area contributed by atoms with Crippen molar-refractivity contribution in [1.29, 1.82) is 0 Å². The smallest absolute Gasteiger partial charge is 0.338 e. The molecule has 0 saturated carbocycles. The van der Waals surface area contributed by atoms with Crippen LogP contribution in [0, 0.1) is 3.57 Å². The van der Waals surface area contributed by atoms with Gasteiger partial charge >= 0.3 is 5.97 Å². The van der Waals surface area contributed by atoms with Crippen molar-refractivity contribution < 1.29 is 14.3 Å². The van der Waals surface area contributed by atoms with Crippen molar-refractivity contribution in [2.75, 3.05) is 5.32 Å². The number of carbonyl (C=O) groups is 2. The Morgan fingerprint density at radius 2 is 1.87 bits per heavy atom. The first-order valence-corrected chi connectivity index (χ1v) is 8.43. The second-order valence-electron chi connectivity index (χ2n) is 4.65. The Morgan fingerprint density at radius 1 is 1.17 bits per heavy atom. The monoisotopic (exact) mass is 463 g/mol. The van der Waals surface area contributed by atoms with E-state index >= 15 is 0 Å². The van der Waals surface area contributed by atoms with E-state index in [-0.39, 0.29) is 5.02 Å². The molecule has 0 bridgehead atoms. The first kappa shape index (κ1) is 18.0. The molecule has 7 heteroatoms. The van der Waals surface area contributed by atoms with E-state index in [1.54, 1.807) is 36.4 Å². The van der Waals surface area contributed by atoms with Gasteiger partial charge in [0.15, 0.2) is 6.10 Å². The number of ether oxygens (including phenoxy) is 1. The molecule has 4 nitrogen and oxygen atoms in total. The van der Waals surface area contributed by atoms with Gasteiger partial charge in [0.2, 0.25) is 0 Å². The van der Waals surface area contributed by atoms with E-state index < -0.39 is 18.0 Å². The average molecular weight is 464 g/mol. The second kappa shape index (κ2) is 7.99. The Bertz CT molecular complexity index is 752. The summed E-state index contributed by atoms with van der Waals surface area (Å²) in [7, 11) is 0. The number of carbonyl (C=O) groups excluding carboxylic acids is 2. The maximum Gasteiger partial charge on any atom is 0.338 e. The Labute approximate surface area is 157 Å². The minimum atomic E-state index is -0.976. The Balaban J connectivity index is 2.02. The van der Waals surface area contributed by atoms with E-state index in [1.807, 2.05) is 6.07 Å². The summed E-state index contributed by atoms with van der Waals surface area (Å²) in [6, 6.07) is 11.8. The average Bonchev–Trinajstić information content (AvgIpc) is 2.51. The zero-order chi connectivity index (χ0) is 17.0. The first-order valence-electron chi connectivity index (χ1n) is 6.60. The van der Waals surface area contributed by atoms with Crippen molar-refractivity contribution in [1.82, 2.24) is 0 Å². The minimum Gasteiger partial charge on any atom is -0.449 e. The molecule has 1 amide bonds. The van der Waals surface area contributed by atoms with Crippen LogP contribution >= 0.6 is 45.8 Å². The van der Waals surface area contributed by atoms with Crippen LogP contribution in [0.3, 0.4) is 0 Å². The highest BCUT2D eigenvalue weighted by atomic mass is 127. The summed E-state index contributed by atoms with van der Waals surface area (Å²) >= 11 is 14.0. The van der Waals surface area contributed by atoms with Crippen LogP contribution in [0.25, 0.3) is 0 Å². The molecule has 0 heterocycles. The van der Waals surface area contributed by atoms with Crippen LogP contribution in [0.15, 0.2) is 42.5 Å². The molecule has 2 aromatic carbocycles. The van der Waals surface area contributed by atoms with Gasteiger partial charge in [0, 0.05) is 3.57 Å². The number of amides is 1. The fourth-order valence-electron chi connectivity index (χ4n) is 1.73. The maximum atomic E-state index is 12.1. The number of nitrogens with one attached hydrogen (secondary N) is 1. The summed E-state index contributed by atoms with van der Waals surface area (Å²) in [5.41, 5.74) is 0.749. The van der Waals surface area contributed by atoms with Crippen LogP contribution < -0.4 is 5.32 Å². The summed E-state index contributed by atoms with van der Waals surface area (Å²) in [6.45, 7) is 1.49. The fraction of sp³-hybridized carbons (Fsp3) is 0.125. The lowest BCUT2D eigenvalue weighted by molar-refractivity contribution is -0.123. The van der Waals surface area contributed by atoms with Crippen molar-refractivity contribution in [3.05, 3.63) is 61.6 Å². The van der Waals surface area contributed by atoms with Gasteiger partial charge in [-0.3, -0.25) is 4.79 Å². The molecule has 0 radical (unpaired) electrons. The van der Waals surface area contributed by atoms with Gasteiger partial charge in [-0.1, -0.05) is 35.3 Å². The van der Waals surface area contributed by atoms with Crippen LogP contribution in [-0.2, 0) is 9.53 Å². The number of esters is 1. The summed E-state index contributed by atoms with van der Waals surface area (Å²) in [6.07, 6.45) is -0.976. The number of benzene rings is 2. The van der Waals surface area contributed by atoms with Crippen molar-refractivity contribution >= 4 is 63.4 Å². The zero-order valence-electron chi connectivity index (χ0n) is 12.0. The highest BCUT2D eigenvalue weighted by Crippen LogP contribution is 2.29. The van der Waals surface area contributed by atoms with Crippen molar-refractivity contribution in [2.45, 2.75) is 13.0 Å². The van der Waals surface area contributed by atoms with Crippen molar-refractivity contribution in [3.8, 4) is 0 Å². The van der Waals surface area contributed by atoms with Gasteiger partial charge in [-0.2, -0.15) is 0 Å². The van der Waals surface area contributed by atoms with Gasteiger partial charge in [-0.05, 0) is 59.8 Å². The molecule has 120 valence electrons. The standard InChI is InChI=1S/C16H12Cl2INO3/c1-9(23-16(22)10-4-2-5-11(19)8-10)15(21)20-13-7-3-6-12(17)14(13)18/h2-9H,1H3,(H,20,21). The summed E-state index contributed by atoms with van der Waals surface area (Å²) in [5.74, 6) is -1.06. The van der Waals surface area contributed by atoms with E-state index in [0.29, 0.717) is 16.3 Å². The number of anilines is 1. The summed E-state index contributed by atoms with van der Waals surface area (Å²) in [4.78, 5) is 24.2. The van der Waals surface area contributed by atoms with Gasteiger partial charge in [0.05, 0.1) is 21.3 Å². The van der Waals surface area contributed by atoms with Crippen LogP contribution in [0.4, 0.5) is 5.69 Å². The quantitative estimate of drug-likeness (QED) is 0.524. The predicted molar refractivity (Wildman–Crippen MR) is 99.1 cm³/mol. The molecule has 0 aromatic heterocycles. The molecular formula is C16H12Cl2INO3. The lowest BCUT2D eigenvalue weighted by Crippen LogP contribution is -2.30. The van der Waals surface area contributed by atoms with E-state index in [9.17, 15) is 9.59 Å². The molecule has 0 fully saturated rings. The Kier molecular flexibility index (Phi) is 6.26. The number of hydrogen-bond donors (Lipinski definition) is 1. The second-order valence-corrected chi connectivity index (χ2v) is 6.68. The van der Waals surface area contributed by atoms with Gasteiger partial charge in [0.1, 0.15) is 0 Å². The first-order chi connectivity index (χ1) is 10.9. The van der Waals surface area contributed by atoms with Gasteiger partial charge in [-0.15, -0.1) is 0 Å². The molecule has 23 heavy (non-hydrogen) atoms. The third-order valence-electron chi connectivity index (χ3n) is 2.92. The molecule has 0 aliphatic heterocycles. The molecule has 1 N–H and O–H groups in total. The highest BCUT2D eigenvalue weighted by Gasteiger charge is 2.20. The van der Waals surface area contributed by atoms with E-state index in [2.05, 4.69) is 27.9 Å². The van der Waals surface area contributed by atoms with E-state index in [0.717, 1.165) is 3.57 Å². The largest absolute Gasteiger partial charge is 0.449 e. The molecule has 0 saturated heterocycles. The lowest BCUT2D eigenvalue weighted by Gasteiger charge is -2.14. The third-order valence-corrected chi connectivity index (χ3v) is 4.41. The van der Waals surface area contributed by atoms with E-state index in [1.165, 1.54) is 6.92 Å². The number of hydrogen-bond acceptors (Lipinski definition) is 3. The van der Waals surface area contributed by atoms with Crippen molar-refractivity contribution in [2.24, 2.45) is 0 Å². The highest BCUT2D eigenvalue weighted by molar-refractivity contribution is 14.1. The molecule has 0 aliphatic rings. The van der Waals surface area contributed by atoms with Gasteiger partial charge in [-0.25, -0.2) is 4.79 Å². The maximum absolute atomic E-state index is 12.1. The molecular weight excluding hydrogens is 452 g/mol. The Hall–Kier alpha value is -1.31. The molecule has 1 atom stereocenters. The fourth-order valence-corrected chi connectivity index (χ4v) is 2.62. The van der Waals surface area contributed by atoms with Crippen LogP contribution in [0.1, 0.15) is 17.3 Å². The molecule has 2 rings (SSSR count). The Morgan fingerprint density at radius 3 is 2.57 bits per heavy atom. The predicted octanol–water partition coefficient (Wildman–Crippen LogP) is 4.78. The normalized spacial score (nSPS) is 11.7. The third kappa shape index (κ3) is 4.83. The molecule has 1 unspecified atom stereocenters. The minimum absolute atomic E-state index is 0.235. The number of halogens is 3. The van der Waals surface area contributed by atoms with E-state index in [4.69, 9.17) is 27.9 Å². The number of rotatable bonds is 4. The van der Waals surface area contributed by atoms with Crippen molar-refractivity contribution in [3.63, 3.8) is 0 Å². The van der Waals surface area contributed by atoms with Gasteiger partial charge < -0.3 is 10.1 Å². The molecule has 2 aromatic rings. The van der Waals surface area contributed by atoms with Crippen LogP contribution in [0.2, 0.25) is 10.0 Å². The SMILES string of the molecule is CC(OC(=O)c1cccc(I)c1)C(=O)Nc1cccc(Cl)c1Cl. The lowest BCUT2D eigenvalue weighted by atomic mass is 10.2. The topological polar surface area (TPSA) is 55.4 Å². The van der Waals surface area contributed by atoms with Crippen LogP contribution in [0.5, 0.6) is 0 Å². The zero-order valence-corrected chi connectivity index (χ0v) is 15.6.